The number of nitrogens with two attached hydrogens (primary N) is 1. The third-order valence-electron chi connectivity index (χ3n) is 3.65. The lowest BCUT2D eigenvalue weighted by Gasteiger charge is -2.32. The monoisotopic (exact) mass is 352 g/mol. The Morgan fingerprint density at radius 2 is 2.10 bits per heavy atom. The van der Waals surface area contributed by atoms with Gasteiger partial charge in [-0.1, -0.05) is 23.2 Å². The fourth-order valence-corrected chi connectivity index (χ4v) is 5.14. The van der Waals surface area contributed by atoms with Gasteiger partial charge in [0.1, 0.15) is 4.90 Å². The minimum atomic E-state index is -3.76. The summed E-state index contributed by atoms with van der Waals surface area (Å²) in [6.45, 7) is 0.867. The number of rotatable bonds is 4. The Hall–Kier alpha value is -0.530. The van der Waals surface area contributed by atoms with Crippen molar-refractivity contribution in [3.8, 4) is 0 Å². The average molecular weight is 353 g/mol. The van der Waals surface area contributed by atoms with Crippen LogP contribution >= 0.6 is 23.2 Å². The van der Waals surface area contributed by atoms with Crippen molar-refractivity contribution in [2.75, 3.05) is 25.4 Å². The molecule has 1 saturated heterocycles. The van der Waals surface area contributed by atoms with Crippen LogP contribution in [0.2, 0.25) is 10.0 Å². The second-order valence-corrected chi connectivity index (χ2v) is 7.91. The fourth-order valence-electron chi connectivity index (χ4n) is 2.64. The van der Waals surface area contributed by atoms with Gasteiger partial charge in [-0.25, -0.2) is 8.42 Å². The highest BCUT2D eigenvalue weighted by molar-refractivity contribution is 7.89. The number of nitrogen functional groups attached to an aromatic ring is 1. The second kappa shape index (κ2) is 6.71. The lowest BCUT2D eigenvalue weighted by Crippen LogP contribution is -2.40. The molecule has 1 aliphatic rings. The minimum Gasteiger partial charge on any atom is -0.398 e. The van der Waals surface area contributed by atoms with Crippen molar-refractivity contribution in [1.82, 2.24) is 4.31 Å². The third-order valence-corrected chi connectivity index (χ3v) is 6.27. The number of nitrogens with zero attached hydrogens (tertiary/aromatic N) is 1. The Bertz CT molecular complexity index is 597. The number of sulfonamides is 1. The molecule has 1 aromatic rings. The average Bonchev–Trinajstić information content (AvgIpc) is 2.37. The minimum absolute atomic E-state index is 0.0317. The Morgan fingerprint density at radius 1 is 1.38 bits per heavy atom. The molecule has 1 fully saturated rings. The van der Waals surface area contributed by atoms with Crippen LogP contribution in [0.4, 0.5) is 5.69 Å². The van der Waals surface area contributed by atoms with Crippen LogP contribution < -0.4 is 5.73 Å². The molecular weight excluding hydrogens is 335 g/mol. The first kappa shape index (κ1) is 16.8. The van der Waals surface area contributed by atoms with E-state index >= 15 is 0 Å². The van der Waals surface area contributed by atoms with E-state index in [9.17, 15) is 8.42 Å². The maximum Gasteiger partial charge on any atom is 0.246 e. The Morgan fingerprint density at radius 3 is 2.71 bits per heavy atom. The van der Waals surface area contributed by atoms with E-state index in [0.717, 1.165) is 12.8 Å². The van der Waals surface area contributed by atoms with E-state index in [1.54, 1.807) is 0 Å². The van der Waals surface area contributed by atoms with Gasteiger partial charge >= 0.3 is 0 Å². The summed E-state index contributed by atoms with van der Waals surface area (Å²) >= 11 is 11.8. The van der Waals surface area contributed by atoms with E-state index in [-0.39, 0.29) is 28.1 Å². The van der Waals surface area contributed by atoms with Crippen molar-refractivity contribution in [2.24, 2.45) is 5.92 Å². The van der Waals surface area contributed by atoms with Crippen LogP contribution in [0.3, 0.4) is 0 Å². The summed E-state index contributed by atoms with van der Waals surface area (Å²) < 4.78 is 26.9. The second-order valence-electron chi connectivity index (χ2n) is 5.19. The summed E-state index contributed by atoms with van der Waals surface area (Å²) in [7, 11) is -3.76. The molecule has 1 atom stereocenters. The molecule has 0 aliphatic carbocycles. The van der Waals surface area contributed by atoms with Crippen molar-refractivity contribution < 1.29 is 13.5 Å². The molecule has 0 radical (unpaired) electrons. The van der Waals surface area contributed by atoms with Gasteiger partial charge in [0.15, 0.2) is 0 Å². The number of hydrogen-bond donors (Lipinski definition) is 2. The van der Waals surface area contributed by atoms with Crippen LogP contribution in [0.5, 0.6) is 0 Å². The van der Waals surface area contributed by atoms with Gasteiger partial charge in [0.05, 0.1) is 10.7 Å². The molecule has 8 heteroatoms. The summed E-state index contributed by atoms with van der Waals surface area (Å²) in [6.07, 6.45) is 2.27. The van der Waals surface area contributed by atoms with E-state index in [2.05, 4.69) is 0 Å². The standard InChI is InChI=1S/C13H18Cl2N2O3S/c14-10-6-11(15)13(12(16)7-10)21(19,20)17-4-1-2-9(8-17)3-5-18/h6-7,9,18H,1-5,8,16H2. The molecular formula is C13H18Cl2N2O3S. The molecule has 0 spiro atoms. The van der Waals surface area contributed by atoms with Crippen molar-refractivity contribution in [1.29, 1.82) is 0 Å². The zero-order valence-electron chi connectivity index (χ0n) is 11.4. The Labute approximate surface area is 134 Å². The van der Waals surface area contributed by atoms with Crippen LogP contribution in [0.25, 0.3) is 0 Å². The zero-order valence-corrected chi connectivity index (χ0v) is 13.8. The number of anilines is 1. The maximum atomic E-state index is 12.7. The summed E-state index contributed by atoms with van der Waals surface area (Å²) in [4.78, 5) is -0.0850. The molecule has 0 saturated carbocycles. The maximum absolute atomic E-state index is 12.7. The van der Waals surface area contributed by atoms with E-state index in [1.165, 1.54) is 16.4 Å². The number of piperidine rings is 1. The lowest BCUT2D eigenvalue weighted by atomic mass is 9.97. The normalized spacial score (nSPS) is 20.6. The first-order valence-corrected chi connectivity index (χ1v) is 8.91. The van der Waals surface area contributed by atoms with E-state index in [4.69, 9.17) is 34.0 Å². The summed E-state index contributed by atoms with van der Waals surface area (Å²) in [5.74, 6) is 0.158. The van der Waals surface area contributed by atoms with Crippen molar-refractivity contribution >= 4 is 38.9 Å². The first-order chi connectivity index (χ1) is 9.86. The van der Waals surface area contributed by atoms with Crippen molar-refractivity contribution in [3.05, 3.63) is 22.2 Å². The molecule has 21 heavy (non-hydrogen) atoms. The predicted molar refractivity (Wildman–Crippen MR) is 84.1 cm³/mol. The summed E-state index contributed by atoms with van der Waals surface area (Å²) in [5.41, 5.74) is 5.85. The van der Waals surface area contributed by atoms with Gasteiger partial charge in [-0.05, 0) is 37.3 Å². The molecule has 5 nitrogen and oxygen atoms in total. The van der Waals surface area contributed by atoms with E-state index in [0.29, 0.717) is 24.5 Å². The first-order valence-electron chi connectivity index (χ1n) is 6.71. The topological polar surface area (TPSA) is 83.6 Å². The molecule has 118 valence electrons. The van der Waals surface area contributed by atoms with Gasteiger partial charge in [-0.3, -0.25) is 0 Å². The predicted octanol–water partition coefficient (Wildman–Crippen LogP) is 2.36. The van der Waals surface area contributed by atoms with Crippen LogP contribution in [0.15, 0.2) is 17.0 Å². The highest BCUT2D eigenvalue weighted by Gasteiger charge is 2.33. The van der Waals surface area contributed by atoms with Crippen molar-refractivity contribution in [3.63, 3.8) is 0 Å². The van der Waals surface area contributed by atoms with Gasteiger partial charge < -0.3 is 10.8 Å². The SMILES string of the molecule is Nc1cc(Cl)cc(Cl)c1S(=O)(=O)N1CCCC(CCO)C1. The molecule has 1 heterocycles. The highest BCUT2D eigenvalue weighted by atomic mass is 35.5. The molecule has 1 aromatic carbocycles. The third kappa shape index (κ3) is 3.63. The molecule has 3 N–H and O–H groups in total. The number of halogens is 2. The van der Waals surface area contributed by atoms with E-state index in [1.807, 2.05) is 0 Å². The summed E-state index contributed by atoms with van der Waals surface area (Å²) in [6, 6.07) is 2.76. The lowest BCUT2D eigenvalue weighted by molar-refractivity contribution is 0.203. The Kier molecular flexibility index (Phi) is 5.38. The molecule has 0 aromatic heterocycles. The largest absolute Gasteiger partial charge is 0.398 e. The molecule has 1 unspecified atom stereocenters. The van der Waals surface area contributed by atoms with Gasteiger partial charge in [0.25, 0.3) is 0 Å². The number of aliphatic hydroxyl groups is 1. The molecule has 0 bridgehead atoms. The Balaban J connectivity index is 2.34. The van der Waals surface area contributed by atoms with Crippen LogP contribution in [0.1, 0.15) is 19.3 Å². The van der Waals surface area contributed by atoms with E-state index < -0.39 is 10.0 Å². The van der Waals surface area contributed by atoms with Gasteiger partial charge in [0.2, 0.25) is 10.0 Å². The van der Waals surface area contributed by atoms with Crippen molar-refractivity contribution in [2.45, 2.75) is 24.2 Å². The smallest absolute Gasteiger partial charge is 0.246 e. The van der Waals surface area contributed by atoms with Crippen LogP contribution in [-0.2, 0) is 10.0 Å². The fraction of sp³-hybridized carbons (Fsp3) is 0.538. The van der Waals surface area contributed by atoms with Crippen LogP contribution in [0, 0.1) is 5.92 Å². The number of aliphatic hydroxyl groups excluding tert-OH is 1. The number of benzene rings is 1. The zero-order chi connectivity index (χ0) is 15.6. The van der Waals surface area contributed by atoms with Gasteiger partial charge in [-0.2, -0.15) is 4.31 Å². The number of hydrogen-bond acceptors (Lipinski definition) is 4. The molecule has 2 rings (SSSR count). The molecule has 1 aliphatic heterocycles. The van der Waals surface area contributed by atoms with Gasteiger partial charge in [-0.15, -0.1) is 0 Å². The summed E-state index contributed by atoms with van der Waals surface area (Å²) in [5, 5.41) is 9.35. The highest BCUT2D eigenvalue weighted by Crippen LogP contribution is 2.35. The van der Waals surface area contributed by atoms with Gasteiger partial charge in [0, 0.05) is 24.7 Å². The quantitative estimate of drug-likeness (QED) is 0.814. The molecule has 0 amide bonds. The van der Waals surface area contributed by atoms with Crippen LogP contribution in [-0.4, -0.2) is 37.5 Å².